The normalized spacial score (nSPS) is 27.5. The molecule has 0 atom stereocenters. The Labute approximate surface area is 134 Å². The number of nitrogens with two attached hydrogens (primary N) is 1. The number of anilines is 1. The molecule has 0 aromatic carbocycles. The van der Waals surface area contributed by atoms with Gasteiger partial charge in [-0.25, -0.2) is 14.8 Å². The minimum atomic E-state index is -5.08. The number of aromatic nitrogens is 3. The summed E-state index contributed by atoms with van der Waals surface area (Å²) < 4.78 is 31.7. The van der Waals surface area contributed by atoms with Gasteiger partial charge in [-0.15, -0.1) is 0 Å². The van der Waals surface area contributed by atoms with E-state index in [-0.39, 0.29) is 11.1 Å². The molecular formula is C14H16F3N5O2. The highest BCUT2D eigenvalue weighted by Crippen LogP contribution is 2.62. The molecule has 4 N–H and O–H groups in total. The molecule has 10 heteroatoms. The van der Waals surface area contributed by atoms with Gasteiger partial charge in [-0.3, -0.25) is 0 Å². The first-order valence-corrected chi connectivity index (χ1v) is 7.17. The maximum Gasteiger partial charge on any atom is 0.490 e. The molecule has 2 heterocycles. The Hall–Kier alpha value is -2.36. The SMILES string of the molecule is CN(c1ncnc2[nH]ccc12)C12CC(N)(C1)C2.O=C(O)C(F)(F)F. The minimum absolute atomic E-state index is 0.124. The van der Waals surface area contributed by atoms with E-state index < -0.39 is 12.1 Å². The highest BCUT2D eigenvalue weighted by Gasteiger charge is 2.68. The first kappa shape index (κ1) is 16.5. The van der Waals surface area contributed by atoms with Gasteiger partial charge in [0.25, 0.3) is 0 Å². The number of halogens is 3. The predicted molar refractivity (Wildman–Crippen MR) is 79.5 cm³/mol. The van der Waals surface area contributed by atoms with E-state index in [0.29, 0.717) is 0 Å². The fourth-order valence-electron chi connectivity index (χ4n) is 3.52. The fraction of sp³-hybridized carbons (Fsp3) is 0.500. The molecule has 0 unspecified atom stereocenters. The number of carboxylic acid groups (broad SMARTS) is 1. The molecule has 0 spiro atoms. The van der Waals surface area contributed by atoms with E-state index in [1.807, 2.05) is 12.3 Å². The third-order valence-corrected chi connectivity index (χ3v) is 4.65. The number of carbonyl (C=O) groups is 1. The van der Waals surface area contributed by atoms with E-state index >= 15 is 0 Å². The molecule has 3 aliphatic carbocycles. The van der Waals surface area contributed by atoms with Crippen molar-refractivity contribution in [3.63, 3.8) is 0 Å². The molecule has 3 aliphatic rings. The second kappa shape index (κ2) is 5.07. The average Bonchev–Trinajstić information content (AvgIpc) is 2.90. The number of nitrogens with one attached hydrogen (secondary N) is 1. The van der Waals surface area contributed by atoms with E-state index in [2.05, 4.69) is 26.9 Å². The molecule has 2 aromatic heterocycles. The average molecular weight is 343 g/mol. The number of H-pyrrole nitrogens is 1. The Morgan fingerprint density at radius 2 is 1.96 bits per heavy atom. The number of carboxylic acids is 1. The topological polar surface area (TPSA) is 108 Å². The molecule has 0 aliphatic heterocycles. The molecule has 3 fully saturated rings. The number of hydrogen-bond acceptors (Lipinski definition) is 5. The van der Waals surface area contributed by atoms with Crippen LogP contribution in [-0.2, 0) is 4.79 Å². The lowest BCUT2D eigenvalue weighted by Gasteiger charge is -2.72. The minimum Gasteiger partial charge on any atom is -0.475 e. The molecule has 0 radical (unpaired) electrons. The number of rotatable bonds is 2. The van der Waals surface area contributed by atoms with Gasteiger partial charge in [-0.05, 0) is 25.3 Å². The zero-order valence-corrected chi connectivity index (χ0v) is 12.8. The summed E-state index contributed by atoms with van der Waals surface area (Å²) in [4.78, 5) is 23.0. The van der Waals surface area contributed by atoms with Crippen molar-refractivity contribution in [2.24, 2.45) is 5.73 Å². The van der Waals surface area contributed by atoms with Crippen LogP contribution < -0.4 is 10.6 Å². The zero-order chi connectivity index (χ0) is 17.8. The molecule has 2 bridgehead atoms. The van der Waals surface area contributed by atoms with Crippen LogP contribution in [0.1, 0.15) is 19.3 Å². The van der Waals surface area contributed by atoms with E-state index in [1.165, 1.54) is 0 Å². The Morgan fingerprint density at radius 1 is 1.38 bits per heavy atom. The largest absolute Gasteiger partial charge is 0.490 e. The van der Waals surface area contributed by atoms with Crippen molar-refractivity contribution in [1.29, 1.82) is 0 Å². The summed E-state index contributed by atoms with van der Waals surface area (Å²) in [7, 11) is 2.12. The Balaban J connectivity index is 0.000000209. The number of aliphatic carboxylic acids is 1. The van der Waals surface area contributed by atoms with E-state index in [4.69, 9.17) is 15.6 Å². The number of fused-ring (bicyclic) bond motifs is 1. The van der Waals surface area contributed by atoms with Crippen molar-refractivity contribution in [2.75, 3.05) is 11.9 Å². The Bertz CT molecular complexity index is 768. The fourth-order valence-corrected chi connectivity index (χ4v) is 3.52. The summed E-state index contributed by atoms with van der Waals surface area (Å²) in [6.07, 6.45) is 1.71. The predicted octanol–water partition coefficient (Wildman–Crippen LogP) is 1.66. The summed E-state index contributed by atoms with van der Waals surface area (Å²) in [6.45, 7) is 0. The van der Waals surface area contributed by atoms with Gasteiger partial charge >= 0.3 is 12.1 Å². The van der Waals surface area contributed by atoms with Gasteiger partial charge in [0.2, 0.25) is 0 Å². The highest BCUT2D eigenvalue weighted by atomic mass is 19.4. The summed E-state index contributed by atoms with van der Waals surface area (Å²) >= 11 is 0. The monoisotopic (exact) mass is 343 g/mol. The van der Waals surface area contributed by atoms with Crippen LogP contribution in [0, 0.1) is 0 Å². The molecule has 0 amide bonds. The van der Waals surface area contributed by atoms with Gasteiger partial charge in [-0.1, -0.05) is 0 Å². The van der Waals surface area contributed by atoms with Crippen molar-refractivity contribution in [3.8, 4) is 0 Å². The van der Waals surface area contributed by atoms with Crippen LogP contribution in [0.4, 0.5) is 19.0 Å². The summed E-state index contributed by atoms with van der Waals surface area (Å²) in [5, 5.41) is 8.21. The van der Waals surface area contributed by atoms with Crippen molar-refractivity contribution in [3.05, 3.63) is 18.6 Å². The molecule has 0 saturated heterocycles. The van der Waals surface area contributed by atoms with Crippen LogP contribution in [0.3, 0.4) is 0 Å². The third-order valence-electron chi connectivity index (χ3n) is 4.65. The lowest BCUT2D eigenvalue weighted by Crippen LogP contribution is -2.82. The van der Waals surface area contributed by atoms with Crippen molar-refractivity contribution in [2.45, 2.75) is 36.5 Å². The van der Waals surface area contributed by atoms with Crippen LogP contribution >= 0.6 is 0 Å². The zero-order valence-electron chi connectivity index (χ0n) is 12.8. The van der Waals surface area contributed by atoms with Gasteiger partial charge in [0.15, 0.2) is 0 Å². The lowest BCUT2D eigenvalue weighted by molar-refractivity contribution is -0.192. The highest BCUT2D eigenvalue weighted by molar-refractivity contribution is 5.87. The van der Waals surface area contributed by atoms with Crippen LogP contribution in [0.5, 0.6) is 0 Å². The van der Waals surface area contributed by atoms with E-state index in [9.17, 15) is 13.2 Å². The van der Waals surface area contributed by atoms with E-state index in [0.717, 1.165) is 36.1 Å². The Kier molecular flexibility index (Phi) is 3.48. The van der Waals surface area contributed by atoms with Gasteiger partial charge in [-0.2, -0.15) is 13.2 Å². The summed E-state index contributed by atoms with van der Waals surface area (Å²) in [5.74, 6) is -1.74. The van der Waals surface area contributed by atoms with Gasteiger partial charge in [0.1, 0.15) is 17.8 Å². The van der Waals surface area contributed by atoms with Crippen LogP contribution in [0.25, 0.3) is 11.0 Å². The molecule has 3 saturated carbocycles. The van der Waals surface area contributed by atoms with Crippen LogP contribution in [0.15, 0.2) is 18.6 Å². The first-order chi connectivity index (χ1) is 11.1. The first-order valence-electron chi connectivity index (χ1n) is 7.17. The van der Waals surface area contributed by atoms with Crippen molar-refractivity contribution in [1.82, 2.24) is 15.0 Å². The standard InChI is InChI=1S/C12H15N5.C2HF3O2/c1-17(12-4-11(13,5-12)6-12)10-8-2-3-14-9(8)15-7-16-10;3-2(4,5)1(6)7/h2-3,7H,4-6,13H2,1H3,(H,14,15,16);(H,6,7). The van der Waals surface area contributed by atoms with Crippen molar-refractivity contribution >= 4 is 22.8 Å². The summed E-state index contributed by atoms with van der Waals surface area (Å²) in [6, 6.07) is 2.03. The van der Waals surface area contributed by atoms with Gasteiger partial charge < -0.3 is 20.7 Å². The third kappa shape index (κ3) is 2.56. The number of nitrogens with zero attached hydrogens (tertiary/aromatic N) is 3. The quantitative estimate of drug-likeness (QED) is 0.765. The summed E-state index contributed by atoms with van der Waals surface area (Å²) in [5.41, 5.74) is 7.40. The smallest absolute Gasteiger partial charge is 0.475 e. The second-order valence-electron chi connectivity index (χ2n) is 6.42. The molecular weight excluding hydrogens is 327 g/mol. The number of hydrogen-bond donors (Lipinski definition) is 3. The number of aromatic amines is 1. The van der Waals surface area contributed by atoms with Crippen molar-refractivity contribution < 1.29 is 23.1 Å². The van der Waals surface area contributed by atoms with Gasteiger partial charge in [0, 0.05) is 24.3 Å². The van der Waals surface area contributed by atoms with Gasteiger partial charge in [0.05, 0.1) is 5.39 Å². The maximum atomic E-state index is 10.6. The molecule has 2 aromatic rings. The lowest BCUT2D eigenvalue weighted by atomic mass is 9.44. The second-order valence-corrected chi connectivity index (χ2v) is 6.42. The van der Waals surface area contributed by atoms with E-state index in [1.54, 1.807) is 6.33 Å². The number of alkyl halides is 3. The molecule has 7 nitrogen and oxygen atoms in total. The van der Waals surface area contributed by atoms with Crippen LogP contribution in [0.2, 0.25) is 0 Å². The molecule has 130 valence electrons. The molecule has 24 heavy (non-hydrogen) atoms. The van der Waals surface area contributed by atoms with Crippen LogP contribution in [-0.4, -0.2) is 50.3 Å². The molecule has 5 rings (SSSR count). The maximum absolute atomic E-state index is 10.6. The Morgan fingerprint density at radius 3 is 2.46 bits per heavy atom.